The second kappa shape index (κ2) is 4.91. The van der Waals surface area contributed by atoms with Gasteiger partial charge in [0.2, 0.25) is 0 Å². The van der Waals surface area contributed by atoms with E-state index in [0.29, 0.717) is 6.54 Å². The predicted octanol–water partition coefficient (Wildman–Crippen LogP) is 0.632. The monoisotopic (exact) mass is 165 g/mol. The van der Waals surface area contributed by atoms with E-state index in [1.54, 1.807) is 7.05 Å². The van der Waals surface area contributed by atoms with Crippen molar-refractivity contribution in [1.29, 1.82) is 0 Å². The lowest BCUT2D eigenvalue weighted by Crippen LogP contribution is -3.03. The van der Waals surface area contributed by atoms with E-state index in [0.717, 1.165) is 12.8 Å². The van der Waals surface area contributed by atoms with Gasteiger partial charge in [-0.2, -0.15) is 0 Å². The van der Waals surface area contributed by atoms with Gasteiger partial charge in [0, 0.05) is 6.42 Å². The first-order chi connectivity index (χ1) is 5.79. The van der Waals surface area contributed by atoms with E-state index in [-0.39, 0.29) is 5.06 Å². The minimum Gasteiger partial charge on any atom is -0.634 e. The zero-order chi connectivity index (χ0) is 8.81. The van der Waals surface area contributed by atoms with Gasteiger partial charge in [-0.05, 0) is 12.0 Å². The highest BCUT2D eigenvalue weighted by Gasteiger charge is 1.92. The summed E-state index contributed by atoms with van der Waals surface area (Å²) in [5.41, 5.74) is 1.32. The van der Waals surface area contributed by atoms with Gasteiger partial charge in [0.15, 0.2) is 0 Å². The minimum absolute atomic E-state index is 0.283. The van der Waals surface area contributed by atoms with Crippen molar-refractivity contribution in [3.63, 3.8) is 0 Å². The molecule has 1 atom stereocenters. The summed E-state index contributed by atoms with van der Waals surface area (Å²) < 4.78 is 0. The largest absolute Gasteiger partial charge is 0.634 e. The van der Waals surface area contributed by atoms with Gasteiger partial charge < -0.3 is 10.3 Å². The molecular formula is C10H15NO. The van der Waals surface area contributed by atoms with Crippen molar-refractivity contribution in [3.8, 4) is 0 Å². The molecule has 1 unspecified atom stereocenters. The van der Waals surface area contributed by atoms with E-state index in [1.807, 2.05) is 18.2 Å². The van der Waals surface area contributed by atoms with Crippen LogP contribution in [0.2, 0.25) is 0 Å². The zero-order valence-electron chi connectivity index (χ0n) is 7.42. The van der Waals surface area contributed by atoms with Gasteiger partial charge in [-0.3, -0.25) is 0 Å². The van der Waals surface area contributed by atoms with E-state index >= 15 is 0 Å². The number of aryl methyl sites for hydroxylation is 1. The maximum absolute atomic E-state index is 10.6. The third-order valence-corrected chi connectivity index (χ3v) is 1.84. The molecule has 0 aromatic heterocycles. The highest BCUT2D eigenvalue weighted by atomic mass is 16.5. The summed E-state index contributed by atoms with van der Waals surface area (Å²) in [6.45, 7) is 0.703. The Hall–Kier alpha value is -0.860. The Morgan fingerprint density at radius 1 is 1.25 bits per heavy atom. The van der Waals surface area contributed by atoms with Crippen LogP contribution in [-0.4, -0.2) is 13.6 Å². The molecule has 1 aromatic carbocycles. The van der Waals surface area contributed by atoms with Gasteiger partial charge in [0.1, 0.15) is 0 Å². The van der Waals surface area contributed by atoms with E-state index in [9.17, 15) is 5.21 Å². The average molecular weight is 165 g/mol. The average Bonchev–Trinajstić information content (AvgIpc) is 2.05. The van der Waals surface area contributed by atoms with Gasteiger partial charge in [-0.1, -0.05) is 30.3 Å². The normalized spacial score (nSPS) is 12.8. The third-order valence-electron chi connectivity index (χ3n) is 1.84. The Balaban J connectivity index is 2.25. The summed E-state index contributed by atoms with van der Waals surface area (Å²) in [6.07, 6.45) is 1.99. The highest BCUT2D eigenvalue weighted by molar-refractivity contribution is 5.14. The Labute approximate surface area is 73.4 Å². The zero-order valence-corrected chi connectivity index (χ0v) is 7.42. The van der Waals surface area contributed by atoms with Crippen molar-refractivity contribution >= 4 is 0 Å². The first kappa shape index (κ1) is 9.23. The van der Waals surface area contributed by atoms with E-state index in [1.165, 1.54) is 5.56 Å². The molecule has 12 heavy (non-hydrogen) atoms. The second-order valence-corrected chi connectivity index (χ2v) is 3.04. The third kappa shape index (κ3) is 3.51. The van der Waals surface area contributed by atoms with Crippen LogP contribution in [0.15, 0.2) is 30.3 Å². The lowest BCUT2D eigenvalue weighted by molar-refractivity contribution is -0.826. The molecule has 66 valence electrons. The molecule has 0 spiro atoms. The summed E-state index contributed by atoms with van der Waals surface area (Å²) in [5, 5.41) is 10.9. The molecule has 0 saturated carbocycles. The van der Waals surface area contributed by atoms with Crippen molar-refractivity contribution in [2.75, 3.05) is 13.6 Å². The Bertz CT molecular complexity index is 208. The van der Waals surface area contributed by atoms with Crippen molar-refractivity contribution in [2.24, 2.45) is 0 Å². The minimum atomic E-state index is 0.283. The number of rotatable bonds is 4. The van der Waals surface area contributed by atoms with Gasteiger partial charge >= 0.3 is 0 Å². The van der Waals surface area contributed by atoms with Gasteiger partial charge in [0.05, 0.1) is 13.6 Å². The molecule has 0 amide bonds. The molecule has 0 aliphatic carbocycles. The predicted molar refractivity (Wildman–Crippen MR) is 49.9 cm³/mol. The van der Waals surface area contributed by atoms with E-state index < -0.39 is 0 Å². The molecule has 0 aliphatic rings. The Morgan fingerprint density at radius 3 is 2.50 bits per heavy atom. The smallest absolute Gasteiger partial charge is 0.0769 e. The van der Waals surface area contributed by atoms with Crippen LogP contribution >= 0.6 is 0 Å². The summed E-state index contributed by atoms with van der Waals surface area (Å²) in [6, 6.07) is 10.3. The quantitative estimate of drug-likeness (QED) is 0.651. The molecule has 0 fully saturated rings. The SMILES string of the molecule is C[NH+]([O-])CCCc1ccccc1. The summed E-state index contributed by atoms with van der Waals surface area (Å²) in [7, 11) is 1.64. The molecule has 2 nitrogen and oxygen atoms in total. The molecule has 0 bridgehead atoms. The lowest BCUT2D eigenvalue weighted by atomic mass is 10.1. The van der Waals surface area contributed by atoms with Crippen LogP contribution in [0.25, 0.3) is 0 Å². The van der Waals surface area contributed by atoms with Gasteiger partial charge in [-0.15, -0.1) is 0 Å². The number of benzene rings is 1. The fourth-order valence-corrected chi connectivity index (χ4v) is 1.19. The first-order valence-electron chi connectivity index (χ1n) is 4.32. The van der Waals surface area contributed by atoms with Crippen molar-refractivity contribution in [1.82, 2.24) is 0 Å². The van der Waals surface area contributed by atoms with Gasteiger partial charge in [-0.25, -0.2) is 0 Å². The van der Waals surface area contributed by atoms with Crippen molar-refractivity contribution < 1.29 is 5.06 Å². The molecular weight excluding hydrogens is 150 g/mol. The van der Waals surface area contributed by atoms with E-state index in [2.05, 4.69) is 12.1 Å². The Kier molecular flexibility index (Phi) is 3.77. The number of hydroxylamine groups is 2. The molecule has 0 saturated heterocycles. The standard InChI is InChI=1S/C10H15NO/c1-11(12)9-5-8-10-6-3-2-4-7-10/h2-4,6-7,11H,5,8-9H2,1H3. The second-order valence-electron chi connectivity index (χ2n) is 3.04. The molecule has 1 rings (SSSR count). The molecule has 1 aromatic rings. The van der Waals surface area contributed by atoms with Crippen LogP contribution in [-0.2, 0) is 6.42 Å². The summed E-state index contributed by atoms with van der Waals surface area (Å²) in [5.74, 6) is 0. The van der Waals surface area contributed by atoms with Crippen LogP contribution in [0, 0.1) is 5.21 Å². The highest BCUT2D eigenvalue weighted by Crippen LogP contribution is 2.00. The first-order valence-corrected chi connectivity index (χ1v) is 4.32. The molecule has 2 heteroatoms. The fourth-order valence-electron chi connectivity index (χ4n) is 1.19. The lowest BCUT2D eigenvalue weighted by Gasteiger charge is -2.15. The Morgan fingerprint density at radius 2 is 1.92 bits per heavy atom. The number of nitrogens with one attached hydrogen (secondary N) is 1. The maximum Gasteiger partial charge on any atom is 0.0769 e. The molecule has 0 heterocycles. The van der Waals surface area contributed by atoms with E-state index in [4.69, 9.17) is 0 Å². The maximum atomic E-state index is 10.6. The van der Waals surface area contributed by atoms with Crippen LogP contribution in [0.5, 0.6) is 0 Å². The van der Waals surface area contributed by atoms with Crippen LogP contribution in [0.4, 0.5) is 0 Å². The molecule has 0 radical (unpaired) electrons. The topological polar surface area (TPSA) is 27.5 Å². The molecule has 1 N–H and O–H groups in total. The van der Waals surface area contributed by atoms with Crippen molar-refractivity contribution in [2.45, 2.75) is 12.8 Å². The fraction of sp³-hybridized carbons (Fsp3) is 0.400. The number of quaternary nitrogens is 1. The van der Waals surface area contributed by atoms with Crippen LogP contribution in [0.3, 0.4) is 0 Å². The summed E-state index contributed by atoms with van der Waals surface area (Å²) >= 11 is 0. The van der Waals surface area contributed by atoms with Crippen LogP contribution in [0.1, 0.15) is 12.0 Å². The molecule has 0 aliphatic heterocycles. The summed E-state index contributed by atoms with van der Waals surface area (Å²) in [4.78, 5) is 0. The van der Waals surface area contributed by atoms with Crippen molar-refractivity contribution in [3.05, 3.63) is 41.1 Å². The van der Waals surface area contributed by atoms with Crippen LogP contribution < -0.4 is 5.06 Å². The number of hydrogen-bond donors (Lipinski definition) is 1. The number of hydrogen-bond acceptors (Lipinski definition) is 1. The van der Waals surface area contributed by atoms with Gasteiger partial charge in [0.25, 0.3) is 0 Å².